The zero-order valence-corrected chi connectivity index (χ0v) is 13.4. The highest BCUT2D eigenvalue weighted by atomic mass is 16.5. The van der Waals surface area contributed by atoms with Gasteiger partial charge in [0.05, 0.1) is 13.1 Å². The highest BCUT2D eigenvalue weighted by molar-refractivity contribution is 5.73. The van der Waals surface area contributed by atoms with Crippen molar-refractivity contribution in [3.8, 4) is 0 Å². The fourth-order valence-electron chi connectivity index (χ4n) is 2.92. The van der Waals surface area contributed by atoms with Crippen LogP contribution >= 0.6 is 0 Å². The summed E-state index contributed by atoms with van der Waals surface area (Å²) < 4.78 is 6.80. The van der Waals surface area contributed by atoms with Gasteiger partial charge in [-0.3, -0.25) is 14.4 Å². The molecule has 0 aliphatic carbocycles. The molecule has 0 bridgehead atoms. The quantitative estimate of drug-likeness (QED) is 0.745. The first-order valence-electron chi connectivity index (χ1n) is 7.73. The Labute approximate surface area is 134 Å². The second-order valence-electron chi connectivity index (χ2n) is 5.78. The van der Waals surface area contributed by atoms with E-state index in [1.165, 1.54) is 6.33 Å². The second kappa shape index (κ2) is 6.86. The third-order valence-corrected chi connectivity index (χ3v) is 4.09. The minimum atomic E-state index is 0.0376. The topological polar surface area (TPSA) is 93.2 Å². The molecule has 0 saturated carbocycles. The first-order valence-corrected chi connectivity index (χ1v) is 7.73. The summed E-state index contributed by atoms with van der Waals surface area (Å²) in [5, 5.41) is 7.99. The molecule has 1 atom stereocenters. The lowest BCUT2D eigenvalue weighted by Crippen LogP contribution is -2.40. The Morgan fingerprint density at radius 2 is 2.35 bits per heavy atom. The molecule has 0 N–H and O–H groups in total. The zero-order valence-electron chi connectivity index (χ0n) is 13.4. The SMILES string of the molecule is CC(=O)N(Cc1noc(C)n1)[C@H]1CCN(CCn2cncn2)C1. The van der Waals surface area contributed by atoms with Crippen molar-refractivity contribution in [3.63, 3.8) is 0 Å². The molecule has 2 aromatic heterocycles. The van der Waals surface area contributed by atoms with Crippen molar-refractivity contribution >= 4 is 5.91 Å². The monoisotopic (exact) mass is 319 g/mol. The fraction of sp³-hybridized carbons (Fsp3) is 0.643. The predicted octanol–water partition coefficient (Wildman–Crippen LogP) is 0.0925. The molecule has 3 rings (SSSR count). The smallest absolute Gasteiger partial charge is 0.223 e. The molecule has 0 spiro atoms. The van der Waals surface area contributed by atoms with Gasteiger partial charge < -0.3 is 9.42 Å². The average Bonchev–Trinajstić information content (AvgIpc) is 3.24. The van der Waals surface area contributed by atoms with Crippen molar-refractivity contribution in [3.05, 3.63) is 24.4 Å². The van der Waals surface area contributed by atoms with E-state index in [-0.39, 0.29) is 11.9 Å². The van der Waals surface area contributed by atoms with Crippen LogP contribution in [0.15, 0.2) is 17.2 Å². The summed E-state index contributed by atoms with van der Waals surface area (Å²) in [5.74, 6) is 1.11. The Hall–Kier alpha value is -2.29. The maximum atomic E-state index is 12.0. The highest BCUT2D eigenvalue weighted by Crippen LogP contribution is 2.18. The van der Waals surface area contributed by atoms with Crippen molar-refractivity contribution in [2.24, 2.45) is 0 Å². The average molecular weight is 319 g/mol. The van der Waals surface area contributed by atoms with E-state index in [1.54, 1.807) is 20.2 Å². The molecule has 2 aromatic rings. The second-order valence-corrected chi connectivity index (χ2v) is 5.78. The highest BCUT2D eigenvalue weighted by Gasteiger charge is 2.30. The van der Waals surface area contributed by atoms with Crippen LogP contribution in [0.4, 0.5) is 0 Å². The van der Waals surface area contributed by atoms with Gasteiger partial charge in [0, 0.05) is 39.5 Å². The molecular formula is C14H21N7O2. The summed E-state index contributed by atoms with van der Waals surface area (Å²) >= 11 is 0. The summed E-state index contributed by atoms with van der Waals surface area (Å²) in [6.45, 7) is 7.25. The predicted molar refractivity (Wildman–Crippen MR) is 80.1 cm³/mol. The van der Waals surface area contributed by atoms with E-state index in [9.17, 15) is 4.79 Å². The third-order valence-electron chi connectivity index (χ3n) is 4.09. The van der Waals surface area contributed by atoms with Gasteiger partial charge in [0.25, 0.3) is 0 Å². The van der Waals surface area contributed by atoms with Crippen LogP contribution < -0.4 is 0 Å². The normalized spacial score (nSPS) is 18.4. The van der Waals surface area contributed by atoms with Gasteiger partial charge in [-0.15, -0.1) is 0 Å². The number of aromatic nitrogens is 5. The van der Waals surface area contributed by atoms with Crippen molar-refractivity contribution in [2.45, 2.75) is 39.4 Å². The Morgan fingerprint density at radius 3 is 3.00 bits per heavy atom. The van der Waals surface area contributed by atoms with Crippen LogP contribution in [0, 0.1) is 6.92 Å². The molecule has 124 valence electrons. The minimum Gasteiger partial charge on any atom is -0.340 e. The maximum absolute atomic E-state index is 12.0. The lowest BCUT2D eigenvalue weighted by Gasteiger charge is -2.27. The molecule has 1 fully saturated rings. The molecule has 9 heteroatoms. The maximum Gasteiger partial charge on any atom is 0.223 e. The molecule has 0 radical (unpaired) electrons. The molecule has 1 amide bonds. The van der Waals surface area contributed by atoms with Crippen LogP contribution in [0.3, 0.4) is 0 Å². The van der Waals surface area contributed by atoms with Crippen LogP contribution in [0.5, 0.6) is 0 Å². The summed E-state index contributed by atoms with van der Waals surface area (Å²) in [4.78, 5) is 24.3. The van der Waals surface area contributed by atoms with E-state index in [1.807, 2.05) is 9.58 Å². The molecular weight excluding hydrogens is 298 g/mol. The van der Waals surface area contributed by atoms with Crippen LogP contribution in [0.1, 0.15) is 25.1 Å². The Kier molecular flexibility index (Phi) is 4.65. The van der Waals surface area contributed by atoms with Gasteiger partial charge in [0.2, 0.25) is 11.8 Å². The molecule has 0 unspecified atom stereocenters. The standard InChI is InChI=1S/C14H21N7O2/c1-11-17-14(18-23-11)8-21(12(2)22)13-3-4-19(7-13)5-6-20-10-15-9-16-20/h9-10,13H,3-8H2,1-2H3/t13-/m0/s1. The number of likely N-dealkylation sites (tertiary alicyclic amines) is 1. The van der Waals surface area contributed by atoms with E-state index in [0.29, 0.717) is 18.3 Å². The minimum absolute atomic E-state index is 0.0376. The summed E-state index contributed by atoms with van der Waals surface area (Å²) in [7, 11) is 0. The number of rotatable bonds is 6. The first kappa shape index (κ1) is 15.6. The van der Waals surface area contributed by atoms with Gasteiger partial charge >= 0.3 is 0 Å². The Bertz CT molecular complexity index is 639. The largest absolute Gasteiger partial charge is 0.340 e. The van der Waals surface area contributed by atoms with Gasteiger partial charge in [-0.2, -0.15) is 10.1 Å². The van der Waals surface area contributed by atoms with Crippen LogP contribution in [0.25, 0.3) is 0 Å². The zero-order chi connectivity index (χ0) is 16.2. The summed E-state index contributed by atoms with van der Waals surface area (Å²) in [6, 6.07) is 0.182. The summed E-state index contributed by atoms with van der Waals surface area (Å²) in [5.41, 5.74) is 0. The number of hydrogen-bond donors (Lipinski definition) is 0. The number of hydrogen-bond acceptors (Lipinski definition) is 7. The van der Waals surface area contributed by atoms with E-state index in [4.69, 9.17) is 4.52 Å². The molecule has 1 aliphatic rings. The lowest BCUT2D eigenvalue weighted by molar-refractivity contribution is -0.131. The Balaban J connectivity index is 1.55. The molecule has 3 heterocycles. The van der Waals surface area contributed by atoms with Gasteiger partial charge in [-0.25, -0.2) is 4.98 Å². The van der Waals surface area contributed by atoms with Crippen molar-refractivity contribution in [1.29, 1.82) is 0 Å². The van der Waals surface area contributed by atoms with E-state index < -0.39 is 0 Å². The van der Waals surface area contributed by atoms with Gasteiger partial charge in [0.1, 0.15) is 12.7 Å². The molecule has 1 aliphatic heterocycles. The lowest BCUT2D eigenvalue weighted by atomic mass is 10.2. The molecule has 9 nitrogen and oxygen atoms in total. The van der Waals surface area contributed by atoms with Gasteiger partial charge in [0.15, 0.2) is 5.82 Å². The van der Waals surface area contributed by atoms with Crippen molar-refractivity contribution in [1.82, 2.24) is 34.7 Å². The van der Waals surface area contributed by atoms with Crippen molar-refractivity contribution < 1.29 is 9.32 Å². The number of nitrogens with zero attached hydrogens (tertiary/aromatic N) is 7. The van der Waals surface area contributed by atoms with Crippen LogP contribution in [0.2, 0.25) is 0 Å². The van der Waals surface area contributed by atoms with E-state index >= 15 is 0 Å². The van der Waals surface area contributed by atoms with Crippen LogP contribution in [-0.2, 0) is 17.9 Å². The van der Waals surface area contributed by atoms with Gasteiger partial charge in [-0.05, 0) is 6.42 Å². The fourth-order valence-corrected chi connectivity index (χ4v) is 2.92. The van der Waals surface area contributed by atoms with Crippen molar-refractivity contribution in [2.75, 3.05) is 19.6 Å². The number of amides is 1. The third kappa shape index (κ3) is 3.92. The number of aryl methyl sites for hydroxylation is 1. The van der Waals surface area contributed by atoms with Gasteiger partial charge in [-0.1, -0.05) is 5.16 Å². The Morgan fingerprint density at radius 1 is 1.48 bits per heavy atom. The number of carbonyl (C=O) groups excluding carboxylic acids is 1. The molecule has 1 saturated heterocycles. The van der Waals surface area contributed by atoms with Crippen LogP contribution in [-0.4, -0.2) is 66.3 Å². The first-order chi connectivity index (χ1) is 11.1. The van der Waals surface area contributed by atoms with E-state index in [0.717, 1.165) is 32.6 Å². The molecule has 23 heavy (non-hydrogen) atoms. The molecule has 0 aromatic carbocycles. The van der Waals surface area contributed by atoms with E-state index in [2.05, 4.69) is 25.1 Å². The summed E-state index contributed by atoms with van der Waals surface area (Å²) in [6.07, 6.45) is 4.21. The number of carbonyl (C=O) groups is 1.